The molecule has 128 valence electrons. The fourth-order valence-electron chi connectivity index (χ4n) is 2.98. The third kappa shape index (κ3) is 4.28. The standard InChI is InChI=1S/C19H23NO3S/c1-3-4-9-16(10-8-13-21)19-15(2)14-18(19)24(22,23)20-17-11-6-5-7-12-17/h3-7,9,11-12,15,18-21H,13-14H2,1-2H3/b4-3-,16-9-/t15-,18?,19?/m1/s1. The molecule has 0 saturated heterocycles. The van der Waals surface area contributed by atoms with E-state index in [-0.39, 0.29) is 18.4 Å². The molecule has 0 amide bonds. The Balaban J connectivity index is 2.26. The van der Waals surface area contributed by atoms with Crippen molar-refractivity contribution in [1.29, 1.82) is 0 Å². The van der Waals surface area contributed by atoms with Crippen LogP contribution < -0.4 is 4.72 Å². The lowest BCUT2D eigenvalue weighted by Crippen LogP contribution is -2.48. The number of hydrogen-bond donors (Lipinski definition) is 2. The van der Waals surface area contributed by atoms with Crippen LogP contribution in [0.15, 0.2) is 54.1 Å². The number of nitrogens with one attached hydrogen (secondary N) is 1. The van der Waals surface area contributed by atoms with Crippen LogP contribution in [0.4, 0.5) is 5.69 Å². The Morgan fingerprint density at radius 2 is 2.08 bits per heavy atom. The van der Waals surface area contributed by atoms with Gasteiger partial charge in [-0.3, -0.25) is 4.72 Å². The van der Waals surface area contributed by atoms with Gasteiger partial charge in [0, 0.05) is 17.2 Å². The van der Waals surface area contributed by atoms with Crippen molar-refractivity contribution in [2.45, 2.75) is 25.5 Å². The average molecular weight is 345 g/mol. The van der Waals surface area contributed by atoms with Crippen molar-refractivity contribution in [3.05, 3.63) is 54.1 Å². The molecule has 0 bridgehead atoms. The lowest BCUT2D eigenvalue weighted by atomic mass is 9.70. The summed E-state index contributed by atoms with van der Waals surface area (Å²) in [5, 5.41) is 8.43. The van der Waals surface area contributed by atoms with E-state index in [0.717, 1.165) is 5.57 Å². The number of allylic oxidation sites excluding steroid dienone is 4. The lowest BCUT2D eigenvalue weighted by Gasteiger charge is -2.42. The normalized spacial score (nSPS) is 24.1. The van der Waals surface area contributed by atoms with Gasteiger partial charge >= 0.3 is 0 Å². The van der Waals surface area contributed by atoms with Gasteiger partial charge in [-0.1, -0.05) is 55.2 Å². The van der Waals surface area contributed by atoms with E-state index >= 15 is 0 Å². The van der Waals surface area contributed by atoms with Gasteiger partial charge < -0.3 is 5.11 Å². The van der Waals surface area contributed by atoms with Crippen LogP contribution in [0.3, 0.4) is 0 Å². The van der Waals surface area contributed by atoms with Crippen LogP contribution in [0, 0.1) is 23.7 Å². The molecule has 0 heterocycles. The first kappa shape index (κ1) is 18.3. The van der Waals surface area contributed by atoms with Gasteiger partial charge in [0.2, 0.25) is 10.0 Å². The number of benzene rings is 1. The highest BCUT2D eigenvalue weighted by molar-refractivity contribution is 7.93. The summed E-state index contributed by atoms with van der Waals surface area (Å²) in [5.41, 5.74) is 1.32. The van der Waals surface area contributed by atoms with E-state index in [4.69, 9.17) is 5.11 Å². The Kier molecular flexibility index (Phi) is 6.24. The Bertz CT molecular complexity index is 770. The van der Waals surface area contributed by atoms with Crippen molar-refractivity contribution in [1.82, 2.24) is 0 Å². The Morgan fingerprint density at radius 1 is 1.38 bits per heavy atom. The molecule has 0 aromatic heterocycles. The maximum Gasteiger partial charge on any atom is 0.236 e. The molecule has 0 spiro atoms. The van der Waals surface area contributed by atoms with Gasteiger partial charge in [-0.2, -0.15) is 0 Å². The van der Waals surface area contributed by atoms with E-state index in [9.17, 15) is 8.42 Å². The first-order valence-corrected chi connectivity index (χ1v) is 9.53. The van der Waals surface area contributed by atoms with E-state index < -0.39 is 15.3 Å². The van der Waals surface area contributed by atoms with E-state index in [1.165, 1.54) is 0 Å². The number of anilines is 1. The van der Waals surface area contributed by atoms with E-state index in [1.54, 1.807) is 24.3 Å². The summed E-state index contributed by atoms with van der Waals surface area (Å²) >= 11 is 0. The topological polar surface area (TPSA) is 66.4 Å². The number of rotatable bonds is 5. The van der Waals surface area contributed by atoms with Gasteiger partial charge in [0.15, 0.2) is 0 Å². The van der Waals surface area contributed by atoms with E-state index in [0.29, 0.717) is 12.1 Å². The molecule has 24 heavy (non-hydrogen) atoms. The third-order valence-corrected chi connectivity index (χ3v) is 5.99. The first-order valence-electron chi connectivity index (χ1n) is 7.99. The fourth-order valence-corrected chi connectivity index (χ4v) is 4.95. The third-order valence-electron chi connectivity index (χ3n) is 4.19. The van der Waals surface area contributed by atoms with Crippen LogP contribution in [0.25, 0.3) is 0 Å². The Labute approximate surface area is 144 Å². The van der Waals surface area contributed by atoms with Crippen molar-refractivity contribution in [2.24, 2.45) is 11.8 Å². The predicted molar refractivity (Wildman–Crippen MR) is 97.8 cm³/mol. The molecule has 0 aliphatic heterocycles. The minimum atomic E-state index is -3.50. The summed E-state index contributed by atoms with van der Waals surface area (Å²) in [6.07, 6.45) is 6.16. The molecule has 1 aliphatic carbocycles. The zero-order chi connectivity index (χ0) is 17.6. The van der Waals surface area contributed by atoms with Crippen LogP contribution >= 0.6 is 0 Å². The van der Waals surface area contributed by atoms with Crippen molar-refractivity contribution in [3.8, 4) is 11.8 Å². The summed E-state index contributed by atoms with van der Waals surface area (Å²) in [7, 11) is -3.50. The second-order valence-corrected chi connectivity index (χ2v) is 7.80. The molecular formula is C19H23NO3S. The summed E-state index contributed by atoms with van der Waals surface area (Å²) < 4.78 is 28.1. The van der Waals surface area contributed by atoms with Crippen molar-refractivity contribution in [3.63, 3.8) is 0 Å². The summed E-state index contributed by atoms with van der Waals surface area (Å²) in [4.78, 5) is 0. The largest absolute Gasteiger partial charge is 0.384 e. The first-order chi connectivity index (χ1) is 11.5. The molecule has 4 nitrogen and oxygen atoms in total. The highest BCUT2D eigenvalue weighted by Gasteiger charge is 2.47. The summed E-state index contributed by atoms with van der Waals surface area (Å²) in [6.45, 7) is 3.68. The maximum absolute atomic E-state index is 12.7. The smallest absolute Gasteiger partial charge is 0.236 e. The molecule has 2 N–H and O–H groups in total. The van der Waals surface area contributed by atoms with Gasteiger partial charge in [0.1, 0.15) is 6.61 Å². The highest BCUT2D eigenvalue weighted by atomic mass is 32.2. The molecule has 2 rings (SSSR count). The van der Waals surface area contributed by atoms with Crippen molar-refractivity contribution >= 4 is 15.7 Å². The summed E-state index contributed by atoms with van der Waals surface area (Å²) in [5.74, 6) is 5.62. The van der Waals surface area contributed by atoms with Gasteiger partial charge in [-0.05, 0) is 31.4 Å². The van der Waals surface area contributed by atoms with Crippen LogP contribution in [0.2, 0.25) is 0 Å². The quantitative estimate of drug-likeness (QED) is 0.637. The number of para-hydroxylation sites is 1. The number of aliphatic hydroxyl groups excluding tert-OH is 1. The van der Waals surface area contributed by atoms with Crippen molar-refractivity contribution in [2.75, 3.05) is 11.3 Å². The van der Waals surface area contributed by atoms with Gasteiger partial charge in [-0.25, -0.2) is 8.42 Å². The monoisotopic (exact) mass is 345 g/mol. The number of sulfonamides is 1. The predicted octanol–water partition coefficient (Wildman–Crippen LogP) is 2.95. The minimum absolute atomic E-state index is 0.165. The molecule has 1 aromatic rings. The zero-order valence-corrected chi connectivity index (χ0v) is 14.8. The van der Waals surface area contributed by atoms with Crippen LogP contribution in [0.1, 0.15) is 20.3 Å². The molecule has 1 saturated carbocycles. The van der Waals surface area contributed by atoms with E-state index in [2.05, 4.69) is 16.6 Å². The fraction of sp³-hybridized carbons (Fsp3) is 0.368. The molecule has 0 radical (unpaired) electrons. The second kappa shape index (κ2) is 8.18. The van der Waals surface area contributed by atoms with Crippen LogP contribution in [-0.4, -0.2) is 25.4 Å². The van der Waals surface area contributed by atoms with Crippen LogP contribution in [0.5, 0.6) is 0 Å². The zero-order valence-electron chi connectivity index (χ0n) is 13.9. The lowest BCUT2D eigenvalue weighted by molar-refractivity contribution is 0.246. The number of aliphatic hydroxyl groups is 1. The second-order valence-electron chi connectivity index (χ2n) is 5.90. The molecule has 3 atom stereocenters. The molecule has 1 fully saturated rings. The molecule has 1 aliphatic rings. The van der Waals surface area contributed by atoms with Gasteiger partial charge in [0.05, 0.1) is 5.25 Å². The van der Waals surface area contributed by atoms with Crippen molar-refractivity contribution < 1.29 is 13.5 Å². The Hall–Kier alpha value is -2.03. The highest BCUT2D eigenvalue weighted by Crippen LogP contribution is 2.44. The Morgan fingerprint density at radius 3 is 2.67 bits per heavy atom. The summed E-state index contributed by atoms with van der Waals surface area (Å²) in [6, 6.07) is 8.90. The van der Waals surface area contributed by atoms with E-state index in [1.807, 2.05) is 38.1 Å². The average Bonchev–Trinajstić information content (AvgIpc) is 2.55. The SMILES string of the molecule is C/C=C\C=C(\C#CCO)C1C(S(=O)(=O)Nc2ccccc2)C[C@H]1C. The minimum Gasteiger partial charge on any atom is -0.384 e. The number of hydrogen-bond acceptors (Lipinski definition) is 3. The molecule has 2 unspecified atom stereocenters. The molecular weight excluding hydrogens is 322 g/mol. The molecule has 1 aromatic carbocycles. The molecule has 5 heteroatoms. The van der Waals surface area contributed by atoms with Crippen LogP contribution in [-0.2, 0) is 10.0 Å². The van der Waals surface area contributed by atoms with Gasteiger partial charge in [0.25, 0.3) is 0 Å². The van der Waals surface area contributed by atoms with Gasteiger partial charge in [-0.15, -0.1) is 0 Å². The maximum atomic E-state index is 12.7.